The number of carbonyl (C=O) groups is 1. The number of benzene rings is 2. The molecule has 1 aliphatic rings. The van der Waals surface area contributed by atoms with E-state index in [1.54, 1.807) is 13.2 Å². The van der Waals surface area contributed by atoms with Crippen LogP contribution in [-0.2, 0) is 11.2 Å². The monoisotopic (exact) mass is 324 g/mol. The number of anilines is 1. The second-order valence-electron chi connectivity index (χ2n) is 5.40. The Hall–Kier alpha value is -3.20. The van der Waals surface area contributed by atoms with E-state index < -0.39 is 6.10 Å². The van der Waals surface area contributed by atoms with E-state index in [0.717, 1.165) is 5.56 Å². The summed E-state index contributed by atoms with van der Waals surface area (Å²) in [7, 11) is 1.58. The third kappa shape index (κ3) is 2.97. The zero-order chi connectivity index (χ0) is 17.1. The van der Waals surface area contributed by atoms with E-state index in [2.05, 4.69) is 0 Å². The maximum Gasteiger partial charge on any atom is 0.269 e. The number of fused-ring (bicyclic) bond motifs is 1. The molecule has 0 bridgehead atoms. The second kappa shape index (κ2) is 6.50. The van der Waals surface area contributed by atoms with Crippen molar-refractivity contribution in [3.63, 3.8) is 0 Å². The number of nitriles is 1. The van der Waals surface area contributed by atoms with Gasteiger partial charge in [-0.05, 0) is 29.8 Å². The molecule has 1 unspecified atom stereocenters. The topological polar surface area (TPSA) is 82.8 Å². The first kappa shape index (κ1) is 15.7. The van der Waals surface area contributed by atoms with Crippen molar-refractivity contribution in [3.05, 3.63) is 48.0 Å². The summed E-state index contributed by atoms with van der Waals surface area (Å²) in [5.74, 6) is 0.877. The summed E-state index contributed by atoms with van der Waals surface area (Å²) in [5.41, 5.74) is 1.30. The van der Waals surface area contributed by atoms with Crippen molar-refractivity contribution in [1.29, 1.82) is 5.26 Å². The molecule has 0 radical (unpaired) electrons. The summed E-state index contributed by atoms with van der Waals surface area (Å²) < 4.78 is 11.0. The minimum Gasteiger partial charge on any atom is -0.508 e. The lowest BCUT2D eigenvalue weighted by molar-refractivity contribution is -0.126. The summed E-state index contributed by atoms with van der Waals surface area (Å²) in [6, 6.07) is 13.9. The van der Waals surface area contributed by atoms with Crippen LogP contribution < -0.4 is 14.4 Å². The smallest absolute Gasteiger partial charge is 0.269 e. The van der Waals surface area contributed by atoms with Crippen LogP contribution in [0.3, 0.4) is 0 Å². The normalized spacial score (nSPS) is 16.1. The summed E-state index contributed by atoms with van der Waals surface area (Å²) in [6.07, 6.45) is -0.374. The van der Waals surface area contributed by atoms with Crippen LogP contribution in [-0.4, -0.2) is 30.8 Å². The van der Waals surface area contributed by atoms with Crippen LogP contribution >= 0.6 is 0 Å². The number of carbonyl (C=O) groups excluding carboxylic acids is 1. The van der Waals surface area contributed by atoms with E-state index in [4.69, 9.17) is 14.7 Å². The fourth-order valence-electron chi connectivity index (χ4n) is 2.69. The third-order valence-corrected chi connectivity index (χ3v) is 3.83. The van der Waals surface area contributed by atoms with Gasteiger partial charge in [0.2, 0.25) is 0 Å². The highest BCUT2D eigenvalue weighted by Gasteiger charge is 2.34. The SMILES string of the molecule is COc1cccc(CC2Oc3ccc(O)cc3N(CC#N)C2=O)c1. The Bertz CT molecular complexity index is 813. The highest BCUT2D eigenvalue weighted by atomic mass is 16.5. The number of nitrogens with zero attached hydrogens (tertiary/aromatic N) is 2. The highest BCUT2D eigenvalue weighted by Crippen LogP contribution is 2.37. The molecule has 122 valence electrons. The Morgan fingerprint density at radius 1 is 1.33 bits per heavy atom. The molecule has 1 aliphatic heterocycles. The molecule has 6 heteroatoms. The quantitative estimate of drug-likeness (QED) is 0.872. The molecular weight excluding hydrogens is 308 g/mol. The second-order valence-corrected chi connectivity index (χ2v) is 5.40. The van der Waals surface area contributed by atoms with E-state index >= 15 is 0 Å². The summed E-state index contributed by atoms with van der Waals surface area (Å²) in [4.78, 5) is 14.0. The van der Waals surface area contributed by atoms with Gasteiger partial charge in [-0.25, -0.2) is 0 Å². The molecule has 1 N–H and O–H groups in total. The Labute approximate surface area is 139 Å². The summed E-state index contributed by atoms with van der Waals surface area (Å²) in [5, 5.41) is 18.6. The molecule has 1 atom stereocenters. The van der Waals surface area contributed by atoms with Crippen LogP contribution in [0.4, 0.5) is 5.69 Å². The van der Waals surface area contributed by atoms with Gasteiger partial charge in [-0.3, -0.25) is 9.69 Å². The molecule has 2 aromatic carbocycles. The Morgan fingerprint density at radius 3 is 2.92 bits per heavy atom. The number of aromatic hydroxyl groups is 1. The van der Waals surface area contributed by atoms with Crippen LogP contribution in [0.25, 0.3) is 0 Å². The van der Waals surface area contributed by atoms with E-state index in [0.29, 0.717) is 23.6 Å². The van der Waals surface area contributed by atoms with E-state index in [9.17, 15) is 9.90 Å². The van der Waals surface area contributed by atoms with E-state index in [1.165, 1.54) is 17.0 Å². The van der Waals surface area contributed by atoms with Crippen molar-refractivity contribution in [2.45, 2.75) is 12.5 Å². The van der Waals surface area contributed by atoms with Crippen molar-refractivity contribution in [1.82, 2.24) is 0 Å². The van der Waals surface area contributed by atoms with Gasteiger partial charge < -0.3 is 14.6 Å². The lowest BCUT2D eigenvalue weighted by Gasteiger charge is -2.33. The molecule has 0 saturated carbocycles. The number of hydrogen-bond acceptors (Lipinski definition) is 5. The molecular formula is C18H16N2O4. The molecule has 2 aromatic rings. The number of amides is 1. The van der Waals surface area contributed by atoms with Crippen LogP contribution in [0.15, 0.2) is 42.5 Å². The zero-order valence-corrected chi connectivity index (χ0v) is 13.1. The maximum atomic E-state index is 12.7. The molecule has 0 spiro atoms. The fourth-order valence-corrected chi connectivity index (χ4v) is 2.69. The van der Waals surface area contributed by atoms with Crippen molar-refractivity contribution in [2.75, 3.05) is 18.6 Å². The molecule has 1 heterocycles. The van der Waals surface area contributed by atoms with Crippen molar-refractivity contribution in [3.8, 4) is 23.3 Å². The van der Waals surface area contributed by atoms with Crippen LogP contribution in [0, 0.1) is 11.3 Å². The van der Waals surface area contributed by atoms with E-state index in [-0.39, 0.29) is 18.2 Å². The lowest BCUT2D eigenvalue weighted by Crippen LogP contribution is -2.47. The minimum absolute atomic E-state index is 0.0133. The van der Waals surface area contributed by atoms with Crippen LogP contribution in [0.2, 0.25) is 0 Å². The van der Waals surface area contributed by atoms with Gasteiger partial charge in [-0.15, -0.1) is 0 Å². The van der Waals surface area contributed by atoms with E-state index in [1.807, 2.05) is 30.3 Å². The van der Waals surface area contributed by atoms with Gasteiger partial charge in [-0.1, -0.05) is 12.1 Å². The van der Waals surface area contributed by atoms with Crippen molar-refractivity contribution < 1.29 is 19.4 Å². The number of phenols is 1. The number of phenolic OH excluding ortho intramolecular Hbond substituents is 1. The summed E-state index contributed by atoms with van der Waals surface area (Å²) >= 11 is 0. The average molecular weight is 324 g/mol. The van der Waals surface area contributed by atoms with Gasteiger partial charge in [0.15, 0.2) is 6.10 Å². The first-order valence-electron chi connectivity index (χ1n) is 7.43. The van der Waals surface area contributed by atoms with Gasteiger partial charge in [0, 0.05) is 12.5 Å². The Balaban J connectivity index is 1.91. The molecule has 0 aromatic heterocycles. The van der Waals surface area contributed by atoms with Crippen molar-refractivity contribution >= 4 is 11.6 Å². The molecule has 3 rings (SSSR count). The molecule has 0 saturated heterocycles. The molecule has 0 aliphatic carbocycles. The number of rotatable bonds is 4. The lowest BCUT2D eigenvalue weighted by atomic mass is 10.0. The first-order chi connectivity index (χ1) is 11.6. The fraction of sp³-hybridized carbons (Fsp3) is 0.222. The molecule has 1 amide bonds. The van der Waals surface area contributed by atoms with Crippen LogP contribution in [0.1, 0.15) is 5.56 Å². The van der Waals surface area contributed by atoms with Gasteiger partial charge in [-0.2, -0.15) is 5.26 Å². The van der Waals surface area contributed by atoms with Crippen molar-refractivity contribution in [2.24, 2.45) is 0 Å². The average Bonchev–Trinajstić information content (AvgIpc) is 2.59. The number of ether oxygens (including phenoxy) is 2. The maximum absolute atomic E-state index is 12.7. The van der Waals surface area contributed by atoms with Gasteiger partial charge in [0.25, 0.3) is 5.91 Å². The molecule has 0 fully saturated rings. The predicted molar refractivity (Wildman–Crippen MR) is 87.2 cm³/mol. The molecule has 24 heavy (non-hydrogen) atoms. The first-order valence-corrected chi connectivity index (χ1v) is 7.43. The van der Waals surface area contributed by atoms with Gasteiger partial charge >= 0.3 is 0 Å². The van der Waals surface area contributed by atoms with Gasteiger partial charge in [0.05, 0.1) is 18.9 Å². The highest BCUT2D eigenvalue weighted by molar-refractivity contribution is 6.00. The molecule has 6 nitrogen and oxygen atoms in total. The predicted octanol–water partition coefficient (Wildman–Crippen LogP) is 2.26. The van der Waals surface area contributed by atoms with Gasteiger partial charge in [0.1, 0.15) is 23.8 Å². The Kier molecular flexibility index (Phi) is 4.25. The number of methoxy groups -OCH3 is 1. The number of hydrogen-bond donors (Lipinski definition) is 1. The zero-order valence-electron chi connectivity index (χ0n) is 13.1. The third-order valence-electron chi connectivity index (χ3n) is 3.83. The Morgan fingerprint density at radius 2 is 2.17 bits per heavy atom. The van der Waals surface area contributed by atoms with Crippen LogP contribution in [0.5, 0.6) is 17.2 Å². The minimum atomic E-state index is -0.734. The largest absolute Gasteiger partial charge is 0.508 e. The standard InChI is InChI=1S/C18H16N2O4/c1-23-14-4-2-3-12(9-14)10-17-18(22)20(8-7-19)15-11-13(21)5-6-16(15)24-17/h2-6,9,11,17,21H,8,10H2,1H3. The summed E-state index contributed by atoms with van der Waals surface area (Å²) in [6.45, 7) is -0.104.